The maximum Gasteiger partial charge on any atom is 0.276 e. The summed E-state index contributed by atoms with van der Waals surface area (Å²) in [5, 5.41) is 0.334. The van der Waals surface area contributed by atoms with Crippen LogP contribution in [0.25, 0.3) is 0 Å². The van der Waals surface area contributed by atoms with E-state index in [9.17, 15) is 4.79 Å². The van der Waals surface area contributed by atoms with E-state index in [-0.39, 0.29) is 5.91 Å². The van der Waals surface area contributed by atoms with Crippen LogP contribution in [0.4, 0.5) is 0 Å². The summed E-state index contributed by atoms with van der Waals surface area (Å²) in [6.07, 6.45) is 0. The Balaban J connectivity index is 2.75. The number of nitrogens with one attached hydrogen (secondary N) is 1. The second-order valence-electron chi connectivity index (χ2n) is 3.98. The first-order valence-corrected chi connectivity index (χ1v) is 5.68. The van der Waals surface area contributed by atoms with Gasteiger partial charge in [0.15, 0.2) is 0 Å². The number of hydroxylamine groups is 1. The summed E-state index contributed by atoms with van der Waals surface area (Å²) in [5.74, 6) is 0.704. The molecule has 0 aromatic heterocycles. The Kier molecular flexibility index (Phi) is 5.25. The highest BCUT2D eigenvalue weighted by atomic mass is 35.5. The normalized spacial score (nSPS) is 10.4. The van der Waals surface area contributed by atoms with Gasteiger partial charge in [-0.15, -0.1) is 0 Å². The van der Waals surface area contributed by atoms with Crippen molar-refractivity contribution in [3.8, 4) is 5.75 Å². The average Bonchev–Trinajstić information content (AvgIpc) is 2.26. The smallest absolute Gasteiger partial charge is 0.276 e. The Morgan fingerprint density at radius 2 is 2.18 bits per heavy atom. The van der Waals surface area contributed by atoms with E-state index in [4.69, 9.17) is 16.3 Å². The fourth-order valence-electron chi connectivity index (χ4n) is 1.18. The number of rotatable bonds is 5. The molecule has 1 rings (SSSR count). The van der Waals surface area contributed by atoms with Crippen molar-refractivity contribution in [1.82, 2.24) is 5.48 Å². The van der Waals surface area contributed by atoms with Gasteiger partial charge in [0.05, 0.1) is 24.3 Å². The van der Waals surface area contributed by atoms with Gasteiger partial charge in [-0.1, -0.05) is 25.4 Å². The van der Waals surface area contributed by atoms with Crippen molar-refractivity contribution >= 4 is 17.5 Å². The van der Waals surface area contributed by atoms with E-state index in [0.717, 1.165) is 0 Å². The van der Waals surface area contributed by atoms with Gasteiger partial charge in [0.2, 0.25) is 0 Å². The molecule has 0 spiro atoms. The van der Waals surface area contributed by atoms with Crippen molar-refractivity contribution in [3.05, 3.63) is 28.8 Å². The van der Waals surface area contributed by atoms with Crippen LogP contribution >= 0.6 is 11.6 Å². The van der Waals surface area contributed by atoms with Crippen LogP contribution in [0, 0.1) is 5.92 Å². The van der Waals surface area contributed by atoms with Crippen LogP contribution in [-0.4, -0.2) is 19.6 Å². The molecule has 0 unspecified atom stereocenters. The summed E-state index contributed by atoms with van der Waals surface area (Å²) in [4.78, 5) is 16.0. The second-order valence-corrected chi connectivity index (χ2v) is 4.39. The zero-order valence-electron chi connectivity index (χ0n) is 10.1. The monoisotopic (exact) mass is 257 g/mol. The molecular formula is C12H16ClNO3. The third-order valence-electron chi connectivity index (χ3n) is 1.96. The fraction of sp³-hybridized carbons (Fsp3) is 0.417. The fourth-order valence-corrected chi connectivity index (χ4v) is 1.44. The number of carbonyl (C=O) groups is 1. The molecule has 4 nitrogen and oxygen atoms in total. The maximum absolute atomic E-state index is 11.5. The van der Waals surface area contributed by atoms with Gasteiger partial charge < -0.3 is 4.74 Å². The highest BCUT2D eigenvalue weighted by Gasteiger charge is 2.11. The standard InChI is InChI=1S/C12H16ClNO3/c1-8(2)7-17-9-4-5-10(11(13)6-9)12(15)14-16-3/h4-6,8H,7H2,1-3H3,(H,14,15). The minimum absolute atomic E-state index is 0.334. The van der Waals surface area contributed by atoms with Crippen molar-refractivity contribution in [2.45, 2.75) is 13.8 Å². The van der Waals surface area contributed by atoms with Gasteiger partial charge in [-0.3, -0.25) is 9.63 Å². The molecule has 0 radical (unpaired) electrons. The molecular weight excluding hydrogens is 242 g/mol. The number of carbonyl (C=O) groups excluding carboxylic acids is 1. The Bertz CT molecular complexity index is 393. The van der Waals surface area contributed by atoms with Gasteiger partial charge >= 0.3 is 0 Å². The van der Waals surface area contributed by atoms with Crippen molar-refractivity contribution in [1.29, 1.82) is 0 Å². The first kappa shape index (κ1) is 13.8. The van der Waals surface area contributed by atoms with Crippen LogP contribution < -0.4 is 10.2 Å². The lowest BCUT2D eigenvalue weighted by Gasteiger charge is -2.10. The SMILES string of the molecule is CONC(=O)c1ccc(OCC(C)C)cc1Cl. The van der Waals surface area contributed by atoms with Crippen LogP contribution in [0.2, 0.25) is 5.02 Å². The molecule has 0 saturated heterocycles. The molecule has 1 aromatic carbocycles. The lowest BCUT2D eigenvalue weighted by molar-refractivity contribution is 0.0538. The first-order valence-electron chi connectivity index (χ1n) is 5.30. The average molecular weight is 258 g/mol. The van der Waals surface area contributed by atoms with E-state index >= 15 is 0 Å². The van der Waals surface area contributed by atoms with Gasteiger partial charge in [-0.2, -0.15) is 0 Å². The van der Waals surface area contributed by atoms with E-state index in [1.165, 1.54) is 7.11 Å². The molecule has 1 N–H and O–H groups in total. The molecule has 0 atom stereocenters. The molecule has 0 saturated carbocycles. The lowest BCUT2D eigenvalue weighted by Crippen LogP contribution is -2.22. The second kappa shape index (κ2) is 6.47. The highest BCUT2D eigenvalue weighted by molar-refractivity contribution is 6.33. The zero-order chi connectivity index (χ0) is 12.8. The van der Waals surface area contributed by atoms with Crippen LogP contribution in [0.3, 0.4) is 0 Å². The molecule has 0 aliphatic heterocycles. The predicted molar refractivity (Wildman–Crippen MR) is 66.3 cm³/mol. The van der Waals surface area contributed by atoms with Crippen LogP contribution in [0.15, 0.2) is 18.2 Å². The van der Waals surface area contributed by atoms with Gasteiger partial charge in [0.1, 0.15) is 5.75 Å². The van der Waals surface area contributed by atoms with Gasteiger partial charge in [0, 0.05) is 0 Å². The number of amides is 1. The molecule has 0 aliphatic carbocycles. The minimum Gasteiger partial charge on any atom is -0.493 e. The Labute approximate surface area is 106 Å². The van der Waals surface area contributed by atoms with Crippen LogP contribution in [0.1, 0.15) is 24.2 Å². The summed E-state index contributed by atoms with van der Waals surface area (Å²) in [7, 11) is 1.37. The number of hydrogen-bond acceptors (Lipinski definition) is 3. The predicted octanol–water partition coefficient (Wildman–Crippen LogP) is 2.67. The third-order valence-corrected chi connectivity index (χ3v) is 2.28. The topological polar surface area (TPSA) is 47.6 Å². The first-order chi connectivity index (χ1) is 8.04. The molecule has 1 amide bonds. The highest BCUT2D eigenvalue weighted by Crippen LogP contribution is 2.22. The van der Waals surface area contributed by atoms with Crippen molar-refractivity contribution in [3.63, 3.8) is 0 Å². The van der Waals surface area contributed by atoms with Gasteiger partial charge in [0.25, 0.3) is 5.91 Å². The Hall–Kier alpha value is -1.26. The number of halogens is 1. The molecule has 17 heavy (non-hydrogen) atoms. The molecule has 5 heteroatoms. The Morgan fingerprint density at radius 1 is 1.47 bits per heavy atom. The lowest BCUT2D eigenvalue weighted by atomic mass is 10.2. The number of hydrogen-bond donors (Lipinski definition) is 1. The van der Waals surface area contributed by atoms with E-state index in [2.05, 4.69) is 24.2 Å². The van der Waals surface area contributed by atoms with E-state index < -0.39 is 0 Å². The summed E-state index contributed by atoms with van der Waals surface area (Å²) in [5.41, 5.74) is 2.56. The number of ether oxygens (including phenoxy) is 1. The minimum atomic E-state index is -0.382. The van der Waals surface area contributed by atoms with Crippen molar-refractivity contribution in [2.24, 2.45) is 5.92 Å². The molecule has 0 fully saturated rings. The van der Waals surface area contributed by atoms with Crippen molar-refractivity contribution < 1.29 is 14.4 Å². The molecule has 0 bridgehead atoms. The van der Waals surface area contributed by atoms with E-state index in [1.807, 2.05) is 0 Å². The largest absolute Gasteiger partial charge is 0.493 e. The third kappa shape index (κ3) is 4.24. The van der Waals surface area contributed by atoms with E-state index in [1.54, 1.807) is 18.2 Å². The molecule has 0 heterocycles. The summed E-state index contributed by atoms with van der Waals surface area (Å²) >= 11 is 5.98. The maximum atomic E-state index is 11.5. The van der Waals surface area contributed by atoms with E-state index in [0.29, 0.717) is 28.9 Å². The number of benzene rings is 1. The quantitative estimate of drug-likeness (QED) is 0.825. The van der Waals surface area contributed by atoms with Crippen LogP contribution in [0.5, 0.6) is 5.75 Å². The summed E-state index contributed by atoms with van der Waals surface area (Å²) in [6.45, 7) is 4.73. The zero-order valence-corrected chi connectivity index (χ0v) is 10.9. The van der Waals surface area contributed by atoms with Crippen molar-refractivity contribution in [2.75, 3.05) is 13.7 Å². The Morgan fingerprint density at radius 3 is 2.71 bits per heavy atom. The van der Waals surface area contributed by atoms with Gasteiger partial charge in [-0.25, -0.2) is 5.48 Å². The van der Waals surface area contributed by atoms with Gasteiger partial charge in [-0.05, 0) is 24.1 Å². The summed E-state index contributed by atoms with van der Waals surface area (Å²) in [6, 6.07) is 4.93. The summed E-state index contributed by atoms with van der Waals surface area (Å²) < 4.78 is 5.50. The molecule has 1 aromatic rings. The molecule has 94 valence electrons. The molecule has 0 aliphatic rings. The van der Waals surface area contributed by atoms with Crippen LogP contribution in [-0.2, 0) is 4.84 Å².